The first kappa shape index (κ1) is 91.3. The second-order valence-electron chi connectivity index (χ2n) is 41.6. The molecule has 1 aromatic heterocycles. The van der Waals surface area contributed by atoms with Gasteiger partial charge in [0.15, 0.2) is 0 Å². The molecule has 0 N–H and O–H groups in total. The number of rotatable bonds is 16. The standard InChI is InChI=1S/C55H50BN.C44H30BN.C43H29BN2/c1-29-20-33(5)52(34(6)21-29)56-46-18-17-43-41-14-12-13-15-42(41)50-47(57(54-36(8)23-30(2)24-37(54)9)55-38(10)25-31(3)26-39(55)11)19-16-40-28-44(49(46)51(43)48(40)50)45-27-32(4)22-35(7)53(45)56;1-5-15-32(16-6-1)45(33-17-7-2-8-18-33)40-29-28-38-36-23-13-14-24-37(36)44-41(30-26-31-25-27-39(40)43(38)42(31)44)46(34-19-9-3-10-20-34)35-21-11-4-12-22-35;1-4-13-31(14-5-1)44(32-15-6-2-7-16-32)39-26-25-37-35-20-10-11-21-36(35)43-40(27-23-30-22-24-38(39)42(37)41(30)43)46(33-17-8-3-9-18-33)34-19-12-28-45-29-34/h12-28H,1-11H3;1-30H;1-29H. The highest BCUT2D eigenvalue weighted by Crippen LogP contribution is 2.55. The zero-order valence-corrected chi connectivity index (χ0v) is 85.9. The number of anilines is 9. The van der Waals surface area contributed by atoms with Gasteiger partial charge in [-0.25, -0.2) is 0 Å². The molecule has 27 aromatic rings. The van der Waals surface area contributed by atoms with Crippen LogP contribution in [0.25, 0.3) is 140 Å². The summed E-state index contributed by atoms with van der Waals surface area (Å²) in [5.74, 6) is 0. The van der Waals surface area contributed by atoms with Crippen LogP contribution in [0.2, 0.25) is 0 Å². The van der Waals surface area contributed by atoms with E-state index in [0.29, 0.717) is 0 Å². The maximum Gasteiger partial charge on any atom is 0.243 e. The van der Waals surface area contributed by atoms with Crippen LogP contribution in [0.3, 0.4) is 0 Å². The molecule has 706 valence electrons. The number of para-hydroxylation sites is 3. The lowest BCUT2D eigenvalue weighted by molar-refractivity contribution is 1.17. The summed E-state index contributed by atoms with van der Waals surface area (Å²) < 4.78 is 0. The third kappa shape index (κ3) is 15.2. The molecule has 0 saturated carbocycles. The largest absolute Gasteiger partial charge is 0.310 e. The third-order valence-electron chi connectivity index (χ3n) is 32.1. The Morgan fingerprint density at radius 2 is 0.503 bits per heavy atom. The summed E-state index contributed by atoms with van der Waals surface area (Å²) in [6.45, 7) is 25.4. The molecule has 149 heavy (non-hydrogen) atoms. The van der Waals surface area contributed by atoms with E-state index in [1.54, 1.807) is 0 Å². The Balaban J connectivity index is 0.000000114. The Morgan fingerprint density at radius 3 is 0.899 bits per heavy atom. The van der Waals surface area contributed by atoms with Crippen LogP contribution in [0.4, 0.5) is 51.2 Å². The number of pyridine rings is 1. The van der Waals surface area contributed by atoms with Crippen molar-refractivity contribution in [1.82, 2.24) is 4.98 Å². The quantitative estimate of drug-likeness (QED) is 0.0546. The monoisotopic (exact) mass is 1900 g/mol. The first-order chi connectivity index (χ1) is 73.0. The topological polar surface area (TPSA) is 22.6 Å². The molecule has 0 atom stereocenters. The van der Waals surface area contributed by atoms with Gasteiger partial charge in [0.2, 0.25) is 20.1 Å². The fourth-order valence-corrected chi connectivity index (χ4v) is 26.6. The molecule has 0 bridgehead atoms. The number of aromatic nitrogens is 1. The molecule has 0 saturated heterocycles. The van der Waals surface area contributed by atoms with E-state index in [9.17, 15) is 0 Å². The van der Waals surface area contributed by atoms with Crippen molar-refractivity contribution in [2.24, 2.45) is 0 Å². The smallest absolute Gasteiger partial charge is 0.243 e. The lowest BCUT2D eigenvalue weighted by Gasteiger charge is -2.35. The average molecular weight is 1900 g/mol. The molecule has 26 aromatic carbocycles. The first-order valence-corrected chi connectivity index (χ1v) is 52.5. The van der Waals surface area contributed by atoms with Crippen LogP contribution in [-0.2, 0) is 0 Å². The van der Waals surface area contributed by atoms with Crippen molar-refractivity contribution in [3.8, 4) is 11.1 Å². The summed E-state index contributed by atoms with van der Waals surface area (Å²) in [6.07, 6.45) is 3.79. The molecule has 1 aliphatic rings. The summed E-state index contributed by atoms with van der Waals surface area (Å²) in [6, 6.07) is 166. The van der Waals surface area contributed by atoms with Gasteiger partial charge in [-0.05, 0) is 279 Å². The minimum absolute atomic E-state index is 0.105. The minimum atomic E-state index is 0.105. The van der Waals surface area contributed by atoms with Crippen LogP contribution in [0.15, 0.2) is 461 Å². The molecule has 28 rings (SSSR count). The average Bonchev–Trinajstić information content (AvgIpc) is 0.682. The number of hydrogen-bond acceptors (Lipinski definition) is 4. The second kappa shape index (κ2) is 37.1. The van der Waals surface area contributed by atoms with Crippen molar-refractivity contribution >= 4 is 250 Å². The van der Waals surface area contributed by atoms with Gasteiger partial charge in [-0.3, -0.25) is 4.98 Å². The molecule has 0 radical (unpaired) electrons. The van der Waals surface area contributed by atoms with Gasteiger partial charge < -0.3 is 14.7 Å². The molecule has 2 heterocycles. The lowest BCUT2D eigenvalue weighted by atomic mass is 9.32. The van der Waals surface area contributed by atoms with Crippen LogP contribution < -0.4 is 63.9 Å². The predicted molar refractivity (Wildman–Crippen MR) is 649 cm³/mol. The van der Waals surface area contributed by atoms with Crippen molar-refractivity contribution in [1.29, 1.82) is 0 Å². The van der Waals surface area contributed by atoms with Crippen LogP contribution in [-0.4, -0.2) is 25.1 Å². The van der Waals surface area contributed by atoms with Crippen LogP contribution >= 0.6 is 0 Å². The van der Waals surface area contributed by atoms with Crippen LogP contribution in [0.1, 0.15) is 61.2 Å². The predicted octanol–water partition coefficient (Wildman–Crippen LogP) is 31.9. The Hall–Kier alpha value is -17.6. The van der Waals surface area contributed by atoms with Crippen molar-refractivity contribution in [3.05, 3.63) is 523 Å². The van der Waals surface area contributed by atoms with Gasteiger partial charge in [-0.2, -0.15) is 0 Å². The highest BCUT2D eigenvalue weighted by atomic mass is 15.2. The van der Waals surface area contributed by atoms with Crippen molar-refractivity contribution < 1.29 is 0 Å². The van der Waals surface area contributed by atoms with Crippen molar-refractivity contribution in [2.45, 2.75) is 76.2 Å². The van der Waals surface area contributed by atoms with Crippen molar-refractivity contribution in [3.63, 3.8) is 0 Å². The van der Waals surface area contributed by atoms with E-state index >= 15 is 0 Å². The first-order valence-electron chi connectivity index (χ1n) is 52.5. The Bertz CT molecular complexity index is 9280. The zero-order valence-electron chi connectivity index (χ0n) is 85.9. The van der Waals surface area contributed by atoms with Gasteiger partial charge >= 0.3 is 0 Å². The summed E-state index contributed by atoms with van der Waals surface area (Å²) in [5.41, 5.74) is 39.9. The fraction of sp³-hybridized carbons (Fsp3) is 0.0775. The zero-order chi connectivity index (χ0) is 101. The normalized spacial score (nSPS) is 11.8. The van der Waals surface area contributed by atoms with Gasteiger partial charge in [0, 0.05) is 55.6 Å². The molecule has 7 heteroatoms. The molecule has 0 amide bonds. The van der Waals surface area contributed by atoms with E-state index in [1.807, 2.05) is 18.5 Å². The second-order valence-corrected chi connectivity index (χ2v) is 41.6. The Morgan fingerprint density at radius 1 is 0.201 bits per heavy atom. The molecule has 0 spiro atoms. The van der Waals surface area contributed by atoms with E-state index in [-0.39, 0.29) is 20.1 Å². The molecule has 4 nitrogen and oxygen atoms in total. The molecular formula is C142H109B3N4. The summed E-state index contributed by atoms with van der Waals surface area (Å²) >= 11 is 0. The third-order valence-corrected chi connectivity index (χ3v) is 32.1. The van der Waals surface area contributed by atoms with E-state index in [2.05, 4.69) is 539 Å². The van der Waals surface area contributed by atoms with Gasteiger partial charge in [-0.1, -0.05) is 464 Å². The van der Waals surface area contributed by atoms with Crippen molar-refractivity contribution in [2.75, 3.05) is 14.7 Å². The Kier molecular flexibility index (Phi) is 22.8. The summed E-state index contributed by atoms with van der Waals surface area (Å²) in [7, 11) is 0. The fourth-order valence-electron chi connectivity index (χ4n) is 26.6. The number of hydrogen-bond donors (Lipinski definition) is 0. The number of fused-ring (bicyclic) bond motifs is 11. The maximum absolute atomic E-state index is 4.53. The number of aryl methyl sites for hydroxylation is 11. The summed E-state index contributed by atoms with van der Waals surface area (Å²) in [4.78, 5) is 11.9. The van der Waals surface area contributed by atoms with E-state index < -0.39 is 0 Å². The van der Waals surface area contributed by atoms with Gasteiger partial charge in [-0.15, -0.1) is 0 Å². The highest BCUT2D eigenvalue weighted by molar-refractivity contribution is 7.00. The number of nitrogens with zero attached hydrogens (tertiary/aromatic N) is 4. The van der Waals surface area contributed by atoms with Gasteiger partial charge in [0.1, 0.15) is 0 Å². The van der Waals surface area contributed by atoms with Crippen LogP contribution in [0, 0.1) is 76.2 Å². The molecule has 0 unspecified atom stereocenters. The Labute approximate surface area is 872 Å². The lowest BCUT2D eigenvalue weighted by Crippen LogP contribution is -2.57. The van der Waals surface area contributed by atoms with E-state index in [4.69, 9.17) is 0 Å². The minimum Gasteiger partial charge on any atom is -0.310 e. The SMILES string of the molecule is Cc1cc(C)c(B2c3c(C)cc(C)cc3-c3cc4ccc(N(c5c(C)cc(C)cc5C)c5c(C)cc(C)cc5C)c5c6ccccc6c6ccc2c3c6c45)c(C)c1.c1ccc(B(c2ccccc2)c2ccc3c4ccccc4c4c(N(c5ccccc5)c5ccccc5)ccc5ccc2c3c54)cc1.c1ccc(B(c2ccccc2)c2ccc3c4ccccc4c4c(N(c5ccccc5)c5cccnc5)ccc5ccc2c3c54)cc1. The van der Waals surface area contributed by atoms with Gasteiger partial charge in [0.05, 0.1) is 40.3 Å². The number of benzene rings is 26. The molecule has 0 fully saturated rings. The maximum atomic E-state index is 4.53. The highest BCUT2D eigenvalue weighted by Gasteiger charge is 2.39. The molecule has 1 aliphatic heterocycles. The summed E-state index contributed by atoms with van der Waals surface area (Å²) in [5, 5.41) is 31.3. The van der Waals surface area contributed by atoms with Gasteiger partial charge in [0.25, 0.3) is 0 Å². The molecular weight excluding hydrogens is 1790 g/mol. The van der Waals surface area contributed by atoms with E-state index in [1.165, 1.54) is 274 Å². The van der Waals surface area contributed by atoms with E-state index in [0.717, 1.165) is 28.4 Å². The van der Waals surface area contributed by atoms with Crippen LogP contribution in [0.5, 0.6) is 0 Å². The molecule has 0 aliphatic carbocycles.